The van der Waals surface area contributed by atoms with Crippen LogP contribution in [0.4, 0.5) is 0 Å². The summed E-state index contributed by atoms with van der Waals surface area (Å²) in [6.07, 6.45) is 3.76. The molecule has 0 aromatic carbocycles. The molecular weight excluding hydrogens is 152 g/mol. The Morgan fingerprint density at radius 2 is 2.25 bits per heavy atom. The van der Waals surface area contributed by atoms with Crippen LogP contribution in [0, 0.1) is 0 Å². The van der Waals surface area contributed by atoms with Crippen LogP contribution in [0.15, 0.2) is 0 Å². The Morgan fingerprint density at radius 1 is 1.58 bits per heavy atom. The molecular formula is C9H18N2O. The minimum absolute atomic E-state index is 0.0322. The van der Waals surface area contributed by atoms with Crippen LogP contribution < -0.4 is 10.6 Å². The average molecular weight is 170 g/mol. The van der Waals surface area contributed by atoms with Gasteiger partial charge in [-0.15, -0.1) is 0 Å². The van der Waals surface area contributed by atoms with Crippen molar-refractivity contribution in [3.63, 3.8) is 0 Å². The number of hydrogen-bond acceptors (Lipinski definition) is 2. The van der Waals surface area contributed by atoms with Crippen LogP contribution in [0.3, 0.4) is 0 Å². The summed E-state index contributed by atoms with van der Waals surface area (Å²) in [4.78, 5) is 11.2. The first kappa shape index (κ1) is 9.52. The van der Waals surface area contributed by atoms with E-state index in [0.29, 0.717) is 6.04 Å². The highest BCUT2D eigenvalue weighted by molar-refractivity contribution is 5.81. The Balaban J connectivity index is 2.16. The summed E-state index contributed by atoms with van der Waals surface area (Å²) in [5.74, 6) is 0.115. The van der Waals surface area contributed by atoms with Gasteiger partial charge in [-0.1, -0.05) is 6.42 Å². The number of rotatable bonds is 4. The highest BCUT2D eigenvalue weighted by Crippen LogP contribution is 2.18. The first-order valence-electron chi connectivity index (χ1n) is 4.77. The zero-order chi connectivity index (χ0) is 8.97. The lowest BCUT2D eigenvalue weighted by Gasteiger charge is -2.29. The molecule has 0 heterocycles. The standard InChI is InChI=1S/C9H18N2O/c1-3-10-9(12)7(2)11-8-5-4-6-8/h7-8,11H,3-6H2,1-2H3,(H,10,12). The molecule has 0 aromatic heterocycles. The van der Waals surface area contributed by atoms with Crippen molar-refractivity contribution >= 4 is 5.91 Å². The van der Waals surface area contributed by atoms with Crippen molar-refractivity contribution in [3.05, 3.63) is 0 Å². The van der Waals surface area contributed by atoms with E-state index in [1.807, 2.05) is 13.8 Å². The summed E-state index contributed by atoms with van der Waals surface area (Å²) in [6.45, 7) is 4.58. The molecule has 0 aliphatic heterocycles. The predicted octanol–water partition coefficient (Wildman–Crippen LogP) is 0.653. The van der Waals surface area contributed by atoms with E-state index in [2.05, 4.69) is 10.6 Å². The van der Waals surface area contributed by atoms with E-state index in [1.54, 1.807) is 0 Å². The van der Waals surface area contributed by atoms with E-state index in [4.69, 9.17) is 0 Å². The molecule has 12 heavy (non-hydrogen) atoms. The van der Waals surface area contributed by atoms with Crippen molar-refractivity contribution in [2.75, 3.05) is 6.54 Å². The van der Waals surface area contributed by atoms with Crippen molar-refractivity contribution in [2.24, 2.45) is 0 Å². The van der Waals surface area contributed by atoms with Gasteiger partial charge in [0.2, 0.25) is 5.91 Å². The van der Waals surface area contributed by atoms with Crippen molar-refractivity contribution in [2.45, 2.75) is 45.2 Å². The molecule has 1 amide bonds. The molecule has 70 valence electrons. The molecule has 0 spiro atoms. The largest absolute Gasteiger partial charge is 0.355 e. The van der Waals surface area contributed by atoms with Gasteiger partial charge in [0.1, 0.15) is 0 Å². The minimum atomic E-state index is -0.0322. The number of likely N-dealkylation sites (N-methyl/N-ethyl adjacent to an activating group) is 1. The minimum Gasteiger partial charge on any atom is -0.355 e. The second-order valence-electron chi connectivity index (χ2n) is 3.41. The van der Waals surface area contributed by atoms with E-state index in [1.165, 1.54) is 19.3 Å². The fourth-order valence-corrected chi connectivity index (χ4v) is 1.33. The molecule has 1 saturated carbocycles. The summed E-state index contributed by atoms with van der Waals surface area (Å²) >= 11 is 0. The molecule has 0 radical (unpaired) electrons. The van der Waals surface area contributed by atoms with E-state index < -0.39 is 0 Å². The number of carbonyl (C=O) groups is 1. The van der Waals surface area contributed by atoms with Crippen LogP contribution in [0.5, 0.6) is 0 Å². The van der Waals surface area contributed by atoms with Crippen LogP contribution in [-0.4, -0.2) is 24.5 Å². The monoisotopic (exact) mass is 170 g/mol. The lowest BCUT2D eigenvalue weighted by Crippen LogP contribution is -2.48. The van der Waals surface area contributed by atoms with Crippen molar-refractivity contribution in [1.82, 2.24) is 10.6 Å². The Morgan fingerprint density at radius 3 is 2.67 bits per heavy atom. The maximum atomic E-state index is 11.2. The normalized spacial score (nSPS) is 19.8. The zero-order valence-electron chi connectivity index (χ0n) is 7.89. The topological polar surface area (TPSA) is 41.1 Å². The van der Waals surface area contributed by atoms with E-state index in [0.717, 1.165) is 6.54 Å². The van der Waals surface area contributed by atoms with Gasteiger partial charge in [-0.05, 0) is 26.7 Å². The van der Waals surface area contributed by atoms with Crippen LogP contribution in [-0.2, 0) is 4.79 Å². The van der Waals surface area contributed by atoms with Gasteiger partial charge in [-0.3, -0.25) is 4.79 Å². The van der Waals surface area contributed by atoms with Crippen LogP contribution in [0.1, 0.15) is 33.1 Å². The molecule has 1 fully saturated rings. The Labute approximate surface area is 73.9 Å². The van der Waals surface area contributed by atoms with E-state index in [-0.39, 0.29) is 11.9 Å². The number of nitrogens with one attached hydrogen (secondary N) is 2. The summed E-state index contributed by atoms with van der Waals surface area (Å²) in [6, 6.07) is 0.554. The lowest BCUT2D eigenvalue weighted by molar-refractivity contribution is -0.123. The van der Waals surface area contributed by atoms with Crippen LogP contribution >= 0.6 is 0 Å². The van der Waals surface area contributed by atoms with Crippen molar-refractivity contribution in [3.8, 4) is 0 Å². The Bertz CT molecular complexity index is 155. The molecule has 2 N–H and O–H groups in total. The number of hydrogen-bond donors (Lipinski definition) is 2. The third-order valence-electron chi connectivity index (χ3n) is 2.34. The van der Waals surface area contributed by atoms with Gasteiger partial charge < -0.3 is 10.6 Å². The van der Waals surface area contributed by atoms with Gasteiger partial charge in [-0.2, -0.15) is 0 Å². The molecule has 1 aliphatic carbocycles. The van der Waals surface area contributed by atoms with Crippen molar-refractivity contribution < 1.29 is 4.79 Å². The second-order valence-corrected chi connectivity index (χ2v) is 3.41. The first-order chi connectivity index (χ1) is 5.74. The van der Waals surface area contributed by atoms with Gasteiger partial charge >= 0.3 is 0 Å². The zero-order valence-corrected chi connectivity index (χ0v) is 7.89. The summed E-state index contributed by atoms with van der Waals surface area (Å²) in [5.41, 5.74) is 0. The molecule has 1 atom stereocenters. The average Bonchev–Trinajstić information content (AvgIpc) is 1.97. The molecule has 1 rings (SSSR count). The molecule has 3 heteroatoms. The lowest BCUT2D eigenvalue weighted by atomic mass is 9.92. The third-order valence-corrected chi connectivity index (χ3v) is 2.34. The van der Waals surface area contributed by atoms with Crippen LogP contribution in [0.25, 0.3) is 0 Å². The SMILES string of the molecule is CCNC(=O)C(C)NC1CCC1. The molecule has 3 nitrogen and oxygen atoms in total. The van der Waals surface area contributed by atoms with E-state index in [9.17, 15) is 4.79 Å². The Kier molecular flexibility index (Phi) is 3.53. The fourth-order valence-electron chi connectivity index (χ4n) is 1.33. The summed E-state index contributed by atoms with van der Waals surface area (Å²) in [5, 5.41) is 6.09. The smallest absolute Gasteiger partial charge is 0.236 e. The molecule has 0 bridgehead atoms. The van der Waals surface area contributed by atoms with Gasteiger partial charge in [-0.25, -0.2) is 0 Å². The fraction of sp³-hybridized carbons (Fsp3) is 0.889. The third kappa shape index (κ3) is 2.48. The maximum Gasteiger partial charge on any atom is 0.236 e. The summed E-state index contributed by atoms with van der Waals surface area (Å²) in [7, 11) is 0. The van der Waals surface area contributed by atoms with Gasteiger partial charge in [0.15, 0.2) is 0 Å². The van der Waals surface area contributed by atoms with E-state index >= 15 is 0 Å². The van der Waals surface area contributed by atoms with Crippen molar-refractivity contribution in [1.29, 1.82) is 0 Å². The number of carbonyl (C=O) groups excluding carboxylic acids is 1. The van der Waals surface area contributed by atoms with Gasteiger partial charge in [0, 0.05) is 12.6 Å². The summed E-state index contributed by atoms with van der Waals surface area (Å²) < 4.78 is 0. The highest BCUT2D eigenvalue weighted by Gasteiger charge is 2.21. The second kappa shape index (κ2) is 4.45. The molecule has 0 saturated heterocycles. The van der Waals surface area contributed by atoms with Gasteiger partial charge in [0.25, 0.3) is 0 Å². The first-order valence-corrected chi connectivity index (χ1v) is 4.77. The quantitative estimate of drug-likeness (QED) is 0.650. The predicted molar refractivity (Wildman–Crippen MR) is 48.9 cm³/mol. The molecule has 0 aromatic rings. The van der Waals surface area contributed by atoms with Crippen LogP contribution in [0.2, 0.25) is 0 Å². The molecule has 1 unspecified atom stereocenters. The molecule has 1 aliphatic rings. The number of amides is 1. The maximum absolute atomic E-state index is 11.2. The van der Waals surface area contributed by atoms with Gasteiger partial charge in [0.05, 0.1) is 6.04 Å². The Hall–Kier alpha value is -0.570. The highest BCUT2D eigenvalue weighted by atomic mass is 16.2.